The molecular formula is C18H24N4O3. The summed E-state index contributed by atoms with van der Waals surface area (Å²) in [5.41, 5.74) is 0.813. The van der Waals surface area contributed by atoms with Gasteiger partial charge in [-0.2, -0.15) is 0 Å². The molecule has 7 nitrogen and oxygen atoms in total. The second-order valence-corrected chi connectivity index (χ2v) is 6.63. The molecule has 2 saturated heterocycles. The Balaban J connectivity index is 1.42. The first-order valence-corrected chi connectivity index (χ1v) is 8.86. The fraction of sp³-hybridized carbons (Fsp3) is 0.556. The van der Waals surface area contributed by atoms with E-state index in [4.69, 9.17) is 0 Å². The van der Waals surface area contributed by atoms with Crippen molar-refractivity contribution in [1.82, 2.24) is 20.1 Å². The third-order valence-electron chi connectivity index (χ3n) is 4.76. The lowest BCUT2D eigenvalue weighted by Crippen LogP contribution is -2.36. The number of hydrogen-bond acceptors (Lipinski definition) is 4. The smallest absolute Gasteiger partial charge is 0.225 e. The van der Waals surface area contributed by atoms with Crippen LogP contribution in [0.4, 0.5) is 0 Å². The van der Waals surface area contributed by atoms with Gasteiger partial charge in [0.1, 0.15) is 0 Å². The summed E-state index contributed by atoms with van der Waals surface area (Å²) in [6.07, 6.45) is 4.36. The van der Waals surface area contributed by atoms with Crippen LogP contribution in [-0.2, 0) is 20.9 Å². The highest BCUT2D eigenvalue weighted by Gasteiger charge is 2.34. The van der Waals surface area contributed by atoms with Crippen LogP contribution < -0.4 is 5.32 Å². The van der Waals surface area contributed by atoms with Gasteiger partial charge >= 0.3 is 0 Å². The maximum Gasteiger partial charge on any atom is 0.225 e. The number of hydrogen-bond donors (Lipinski definition) is 1. The summed E-state index contributed by atoms with van der Waals surface area (Å²) in [4.78, 5) is 44.1. The van der Waals surface area contributed by atoms with Gasteiger partial charge in [0.05, 0.1) is 18.2 Å². The molecule has 0 radical (unpaired) electrons. The van der Waals surface area contributed by atoms with Crippen LogP contribution in [0.2, 0.25) is 0 Å². The summed E-state index contributed by atoms with van der Waals surface area (Å²) in [6.45, 7) is 2.82. The molecule has 25 heavy (non-hydrogen) atoms. The van der Waals surface area contributed by atoms with Gasteiger partial charge in [0.15, 0.2) is 0 Å². The number of rotatable bonds is 6. The SMILES string of the molecule is O=C(NCCC(=O)N1CCCC1)[C@H]1CC(=O)N(Cc2ccccn2)C1. The Morgan fingerprint density at radius 3 is 2.76 bits per heavy atom. The second kappa shape index (κ2) is 8.09. The van der Waals surface area contributed by atoms with Crippen molar-refractivity contribution >= 4 is 17.7 Å². The van der Waals surface area contributed by atoms with Crippen LogP contribution in [0.1, 0.15) is 31.4 Å². The van der Waals surface area contributed by atoms with E-state index in [1.165, 1.54) is 0 Å². The quantitative estimate of drug-likeness (QED) is 0.817. The molecule has 2 aliphatic rings. The average molecular weight is 344 g/mol. The van der Waals surface area contributed by atoms with Gasteiger partial charge in [0, 0.05) is 45.2 Å². The standard InChI is InChI=1S/C18H24N4O3/c23-16(21-9-3-4-10-21)6-8-20-18(25)14-11-17(24)22(12-14)13-15-5-1-2-7-19-15/h1-2,5,7,14H,3-4,6,8-13H2,(H,20,25)/t14-/m0/s1. The number of carbonyl (C=O) groups is 3. The lowest BCUT2D eigenvalue weighted by Gasteiger charge is -2.17. The molecule has 1 aromatic heterocycles. The highest BCUT2D eigenvalue weighted by molar-refractivity contribution is 5.89. The molecule has 0 aromatic carbocycles. The fourth-order valence-corrected chi connectivity index (χ4v) is 3.35. The molecule has 134 valence electrons. The van der Waals surface area contributed by atoms with Gasteiger partial charge in [0.2, 0.25) is 17.7 Å². The number of pyridine rings is 1. The van der Waals surface area contributed by atoms with E-state index in [2.05, 4.69) is 10.3 Å². The van der Waals surface area contributed by atoms with E-state index >= 15 is 0 Å². The molecule has 0 unspecified atom stereocenters. The molecular weight excluding hydrogens is 320 g/mol. The van der Waals surface area contributed by atoms with E-state index in [0.717, 1.165) is 31.6 Å². The van der Waals surface area contributed by atoms with Crippen LogP contribution in [0.15, 0.2) is 24.4 Å². The number of carbonyl (C=O) groups excluding carboxylic acids is 3. The Morgan fingerprint density at radius 1 is 1.24 bits per heavy atom. The summed E-state index contributed by atoms with van der Waals surface area (Å²) in [5.74, 6) is -0.430. The van der Waals surface area contributed by atoms with E-state index < -0.39 is 0 Å². The number of aromatic nitrogens is 1. The van der Waals surface area contributed by atoms with E-state index in [1.54, 1.807) is 11.1 Å². The van der Waals surface area contributed by atoms with E-state index in [-0.39, 0.29) is 30.1 Å². The Kier molecular flexibility index (Phi) is 5.63. The van der Waals surface area contributed by atoms with Gasteiger partial charge in [-0.1, -0.05) is 6.07 Å². The second-order valence-electron chi connectivity index (χ2n) is 6.63. The Labute approximate surface area is 147 Å². The lowest BCUT2D eigenvalue weighted by molar-refractivity contribution is -0.131. The van der Waals surface area contributed by atoms with Crippen molar-refractivity contribution in [2.24, 2.45) is 5.92 Å². The highest BCUT2D eigenvalue weighted by Crippen LogP contribution is 2.19. The lowest BCUT2D eigenvalue weighted by atomic mass is 10.1. The van der Waals surface area contributed by atoms with Crippen LogP contribution in [0.3, 0.4) is 0 Å². The summed E-state index contributed by atoms with van der Waals surface area (Å²) in [5, 5.41) is 2.80. The van der Waals surface area contributed by atoms with Gasteiger partial charge in [-0.15, -0.1) is 0 Å². The minimum Gasteiger partial charge on any atom is -0.355 e. The van der Waals surface area contributed by atoms with E-state index in [1.807, 2.05) is 23.1 Å². The van der Waals surface area contributed by atoms with Crippen LogP contribution >= 0.6 is 0 Å². The molecule has 3 heterocycles. The van der Waals surface area contributed by atoms with Crippen molar-refractivity contribution in [3.63, 3.8) is 0 Å². The van der Waals surface area contributed by atoms with Crippen molar-refractivity contribution in [2.45, 2.75) is 32.2 Å². The summed E-state index contributed by atoms with van der Waals surface area (Å²) in [6, 6.07) is 5.57. The fourth-order valence-electron chi connectivity index (χ4n) is 3.35. The maximum absolute atomic E-state index is 12.3. The molecule has 2 fully saturated rings. The van der Waals surface area contributed by atoms with Crippen molar-refractivity contribution < 1.29 is 14.4 Å². The number of nitrogens with one attached hydrogen (secondary N) is 1. The summed E-state index contributed by atoms with van der Waals surface area (Å²) < 4.78 is 0. The minimum atomic E-state index is -0.349. The van der Waals surface area contributed by atoms with E-state index in [0.29, 0.717) is 26.1 Å². The summed E-state index contributed by atoms with van der Waals surface area (Å²) >= 11 is 0. The molecule has 1 atom stereocenters. The third-order valence-corrected chi connectivity index (χ3v) is 4.76. The number of nitrogens with zero attached hydrogens (tertiary/aromatic N) is 3. The van der Waals surface area contributed by atoms with Crippen LogP contribution in [0, 0.1) is 5.92 Å². The third kappa shape index (κ3) is 4.55. The van der Waals surface area contributed by atoms with Gasteiger partial charge in [-0.3, -0.25) is 19.4 Å². The van der Waals surface area contributed by atoms with Crippen molar-refractivity contribution in [2.75, 3.05) is 26.2 Å². The maximum atomic E-state index is 12.3. The Hall–Kier alpha value is -2.44. The number of likely N-dealkylation sites (tertiary alicyclic amines) is 2. The van der Waals surface area contributed by atoms with Crippen LogP contribution in [-0.4, -0.2) is 58.7 Å². The molecule has 1 aromatic rings. The molecule has 2 aliphatic heterocycles. The van der Waals surface area contributed by atoms with Crippen LogP contribution in [0.5, 0.6) is 0 Å². The molecule has 0 spiro atoms. The zero-order chi connectivity index (χ0) is 17.6. The molecule has 7 heteroatoms. The van der Waals surface area contributed by atoms with E-state index in [9.17, 15) is 14.4 Å². The molecule has 3 amide bonds. The predicted molar refractivity (Wildman–Crippen MR) is 91.2 cm³/mol. The largest absolute Gasteiger partial charge is 0.355 e. The van der Waals surface area contributed by atoms with Crippen molar-refractivity contribution in [1.29, 1.82) is 0 Å². The topological polar surface area (TPSA) is 82.6 Å². The Bertz CT molecular complexity index is 628. The first-order valence-electron chi connectivity index (χ1n) is 8.86. The highest BCUT2D eigenvalue weighted by atomic mass is 16.2. The van der Waals surface area contributed by atoms with Crippen molar-refractivity contribution in [3.8, 4) is 0 Å². The molecule has 0 bridgehead atoms. The average Bonchev–Trinajstić information content (AvgIpc) is 3.26. The molecule has 1 N–H and O–H groups in total. The number of amides is 3. The van der Waals surface area contributed by atoms with Gasteiger partial charge < -0.3 is 15.1 Å². The predicted octanol–water partition coefficient (Wildman–Crippen LogP) is 0.559. The summed E-state index contributed by atoms with van der Waals surface area (Å²) in [7, 11) is 0. The first-order chi connectivity index (χ1) is 12.1. The van der Waals surface area contributed by atoms with Gasteiger partial charge in [-0.25, -0.2) is 0 Å². The zero-order valence-corrected chi connectivity index (χ0v) is 14.3. The van der Waals surface area contributed by atoms with Gasteiger partial charge in [0.25, 0.3) is 0 Å². The van der Waals surface area contributed by atoms with Crippen LogP contribution in [0.25, 0.3) is 0 Å². The molecule has 3 rings (SSSR count). The first kappa shape index (κ1) is 17.4. The normalized spacial score (nSPS) is 20.2. The van der Waals surface area contributed by atoms with Crippen molar-refractivity contribution in [3.05, 3.63) is 30.1 Å². The monoisotopic (exact) mass is 344 g/mol. The van der Waals surface area contributed by atoms with Gasteiger partial charge in [-0.05, 0) is 25.0 Å². The minimum absolute atomic E-state index is 0.0288. The zero-order valence-electron chi connectivity index (χ0n) is 14.3. The Morgan fingerprint density at radius 2 is 2.04 bits per heavy atom. The molecule has 0 saturated carbocycles. The molecule has 0 aliphatic carbocycles.